The normalized spacial score (nSPS) is 12.2. The van der Waals surface area contributed by atoms with Crippen LogP contribution in [0.1, 0.15) is 47.4 Å². The maximum absolute atomic E-state index is 12.9. The summed E-state index contributed by atoms with van der Waals surface area (Å²) >= 11 is 0. The van der Waals surface area contributed by atoms with Crippen molar-refractivity contribution in [3.63, 3.8) is 0 Å². The molecule has 2 N–H and O–H groups in total. The molecule has 0 radical (unpaired) electrons. The molecular weight excluding hydrogens is 664 g/mol. The molecule has 4 aromatic rings. The monoisotopic (exact) mass is 708 g/mol. The van der Waals surface area contributed by atoms with E-state index < -0.39 is 30.0 Å². The number of esters is 2. The van der Waals surface area contributed by atoms with Crippen LogP contribution < -0.4 is 10.6 Å². The number of amides is 2. The molecule has 2 amide bonds. The topological polar surface area (TPSA) is 138 Å². The minimum atomic E-state index is -1.03. The summed E-state index contributed by atoms with van der Waals surface area (Å²) < 4.78 is 27.3. The largest absolute Gasteiger partial charge is 0.461 e. The van der Waals surface area contributed by atoms with Crippen molar-refractivity contribution in [3.05, 3.63) is 131 Å². The van der Waals surface area contributed by atoms with Gasteiger partial charge in [0.15, 0.2) is 0 Å². The average Bonchev–Trinajstić information content (AvgIpc) is 3.50. The molecule has 11 heteroatoms. The van der Waals surface area contributed by atoms with Crippen molar-refractivity contribution >= 4 is 23.9 Å². The molecule has 0 unspecified atom stereocenters. The van der Waals surface area contributed by atoms with Gasteiger partial charge in [-0.3, -0.25) is 9.59 Å². The van der Waals surface area contributed by atoms with Crippen LogP contribution in [0.4, 0.5) is 4.79 Å². The lowest BCUT2D eigenvalue weighted by atomic mass is 9.98. The summed E-state index contributed by atoms with van der Waals surface area (Å²) in [6.45, 7) is 1.49. The van der Waals surface area contributed by atoms with Gasteiger partial charge in [-0.15, -0.1) is 0 Å². The Bertz CT molecular complexity index is 1700. The molecule has 272 valence electrons. The van der Waals surface area contributed by atoms with Crippen LogP contribution in [0, 0.1) is 0 Å². The molecule has 1 aliphatic rings. The van der Waals surface area contributed by atoms with Gasteiger partial charge in [-0.25, -0.2) is 9.59 Å². The van der Waals surface area contributed by atoms with Crippen LogP contribution in [0.5, 0.6) is 0 Å². The second-order valence-electron chi connectivity index (χ2n) is 12.1. The number of fused-ring (bicyclic) bond motifs is 3. The zero-order valence-electron chi connectivity index (χ0n) is 29.0. The number of ether oxygens (including phenoxy) is 5. The fourth-order valence-electron chi connectivity index (χ4n) is 5.78. The standard InChI is InChI=1S/C41H44N2O9/c44-38(43-37(40(46)51-28-31-13-5-2-6-14-31)19-20-39(45)50-27-30-11-3-1-4-12-30)21-23-48-25-26-49-24-22-42-41(47)52-29-36-34-17-9-7-15-32(34)33-16-8-10-18-35(33)36/h1-18,36-37H,19-29H2,(H,42,47)(H,43,44)/t37-/m0/s1. The summed E-state index contributed by atoms with van der Waals surface area (Å²) in [6, 6.07) is 33.7. The van der Waals surface area contributed by atoms with Crippen molar-refractivity contribution in [2.75, 3.05) is 39.6 Å². The maximum Gasteiger partial charge on any atom is 0.407 e. The van der Waals surface area contributed by atoms with Crippen LogP contribution >= 0.6 is 0 Å². The first-order valence-electron chi connectivity index (χ1n) is 17.4. The van der Waals surface area contributed by atoms with Crippen LogP contribution in [0.15, 0.2) is 109 Å². The van der Waals surface area contributed by atoms with Crippen LogP contribution in [-0.4, -0.2) is 69.6 Å². The van der Waals surface area contributed by atoms with Gasteiger partial charge >= 0.3 is 18.0 Å². The van der Waals surface area contributed by atoms with Crippen molar-refractivity contribution < 1.29 is 42.9 Å². The number of nitrogens with one attached hydrogen (secondary N) is 2. The number of carbonyl (C=O) groups is 4. The van der Waals surface area contributed by atoms with E-state index in [-0.39, 0.29) is 78.0 Å². The molecule has 0 aliphatic heterocycles. The summed E-state index contributed by atoms with van der Waals surface area (Å²) in [4.78, 5) is 50.3. The van der Waals surface area contributed by atoms with Gasteiger partial charge in [-0.2, -0.15) is 0 Å². The fourth-order valence-corrected chi connectivity index (χ4v) is 5.78. The molecule has 0 heterocycles. The Hall–Kier alpha value is -5.52. The van der Waals surface area contributed by atoms with E-state index in [0.29, 0.717) is 0 Å². The highest BCUT2D eigenvalue weighted by atomic mass is 16.6. The van der Waals surface area contributed by atoms with E-state index in [2.05, 4.69) is 34.9 Å². The molecule has 0 spiro atoms. The molecule has 0 saturated carbocycles. The SMILES string of the molecule is O=C(CCOCCOCCNC(=O)OCC1c2ccccc2-c2ccccc21)N[C@@H](CCC(=O)OCc1ccccc1)C(=O)OCc1ccccc1. The van der Waals surface area contributed by atoms with Crippen molar-refractivity contribution in [2.45, 2.75) is 44.4 Å². The average molecular weight is 709 g/mol. The molecular formula is C41H44N2O9. The summed E-state index contributed by atoms with van der Waals surface area (Å²) in [5.74, 6) is -1.57. The zero-order chi connectivity index (χ0) is 36.4. The van der Waals surface area contributed by atoms with Crippen molar-refractivity contribution in [2.24, 2.45) is 0 Å². The van der Waals surface area contributed by atoms with E-state index in [1.165, 1.54) is 11.1 Å². The predicted molar refractivity (Wildman–Crippen MR) is 193 cm³/mol. The van der Waals surface area contributed by atoms with Gasteiger partial charge in [0.1, 0.15) is 25.9 Å². The molecule has 0 fully saturated rings. The number of hydrogen-bond donors (Lipinski definition) is 2. The fraction of sp³-hybridized carbons (Fsp3) is 0.317. The first-order chi connectivity index (χ1) is 25.5. The van der Waals surface area contributed by atoms with Gasteiger partial charge in [-0.1, -0.05) is 109 Å². The summed E-state index contributed by atoms with van der Waals surface area (Å²) in [7, 11) is 0. The lowest BCUT2D eigenvalue weighted by Crippen LogP contribution is -2.42. The molecule has 1 aliphatic carbocycles. The molecule has 0 saturated heterocycles. The first-order valence-corrected chi connectivity index (χ1v) is 17.4. The number of alkyl carbamates (subject to hydrolysis) is 1. The van der Waals surface area contributed by atoms with Gasteiger partial charge in [0.25, 0.3) is 0 Å². The quantitative estimate of drug-likeness (QED) is 0.0673. The first kappa shape index (κ1) is 37.7. The Balaban J connectivity index is 0.940. The van der Waals surface area contributed by atoms with Crippen LogP contribution in [0.25, 0.3) is 11.1 Å². The predicted octanol–water partition coefficient (Wildman–Crippen LogP) is 5.70. The van der Waals surface area contributed by atoms with Gasteiger partial charge in [0, 0.05) is 25.3 Å². The minimum absolute atomic E-state index is 0.00966. The summed E-state index contributed by atoms with van der Waals surface area (Å²) in [6.07, 6.45) is -0.586. The Morgan fingerprint density at radius 3 is 1.79 bits per heavy atom. The number of benzene rings is 4. The lowest BCUT2D eigenvalue weighted by molar-refractivity contribution is -0.150. The van der Waals surface area contributed by atoms with Gasteiger partial charge < -0.3 is 34.3 Å². The smallest absolute Gasteiger partial charge is 0.407 e. The van der Waals surface area contributed by atoms with Gasteiger partial charge in [0.05, 0.1) is 26.4 Å². The second kappa shape index (κ2) is 20.4. The zero-order valence-corrected chi connectivity index (χ0v) is 29.0. The van der Waals surface area contributed by atoms with E-state index in [4.69, 9.17) is 23.7 Å². The highest BCUT2D eigenvalue weighted by molar-refractivity contribution is 5.85. The highest BCUT2D eigenvalue weighted by Gasteiger charge is 2.29. The lowest BCUT2D eigenvalue weighted by Gasteiger charge is -2.18. The molecule has 0 aromatic heterocycles. The molecule has 11 nitrogen and oxygen atoms in total. The maximum atomic E-state index is 12.9. The number of rotatable bonds is 20. The van der Waals surface area contributed by atoms with E-state index in [0.717, 1.165) is 22.3 Å². The third kappa shape index (κ3) is 11.8. The third-order valence-corrected chi connectivity index (χ3v) is 8.43. The van der Waals surface area contributed by atoms with Crippen molar-refractivity contribution in [3.8, 4) is 11.1 Å². The Labute approximate surface area is 303 Å². The van der Waals surface area contributed by atoms with Gasteiger partial charge in [0.2, 0.25) is 5.91 Å². The molecule has 4 aromatic carbocycles. The van der Waals surface area contributed by atoms with E-state index >= 15 is 0 Å². The highest BCUT2D eigenvalue weighted by Crippen LogP contribution is 2.44. The van der Waals surface area contributed by atoms with E-state index in [1.54, 1.807) is 0 Å². The number of carbonyl (C=O) groups excluding carboxylic acids is 4. The van der Waals surface area contributed by atoms with E-state index in [9.17, 15) is 19.2 Å². The molecule has 0 bridgehead atoms. The second-order valence-corrected chi connectivity index (χ2v) is 12.1. The van der Waals surface area contributed by atoms with Crippen LogP contribution in [0.2, 0.25) is 0 Å². The van der Waals surface area contributed by atoms with Crippen LogP contribution in [0.3, 0.4) is 0 Å². The molecule has 5 rings (SSSR count). The summed E-state index contributed by atoms with van der Waals surface area (Å²) in [5, 5.41) is 5.37. The van der Waals surface area contributed by atoms with E-state index in [1.807, 2.05) is 84.9 Å². The van der Waals surface area contributed by atoms with Crippen molar-refractivity contribution in [1.82, 2.24) is 10.6 Å². The van der Waals surface area contributed by atoms with Gasteiger partial charge in [-0.05, 0) is 39.8 Å². The molecule has 52 heavy (non-hydrogen) atoms. The Morgan fingerprint density at radius 1 is 0.596 bits per heavy atom. The Kier molecular flexibility index (Phi) is 14.8. The third-order valence-electron chi connectivity index (χ3n) is 8.43. The summed E-state index contributed by atoms with van der Waals surface area (Å²) in [5.41, 5.74) is 6.28. The molecule has 1 atom stereocenters. The van der Waals surface area contributed by atoms with Crippen LogP contribution in [-0.2, 0) is 51.3 Å². The Morgan fingerprint density at radius 2 is 1.15 bits per heavy atom. The minimum Gasteiger partial charge on any atom is -0.461 e. The van der Waals surface area contributed by atoms with Crippen molar-refractivity contribution in [1.29, 1.82) is 0 Å². The number of hydrogen-bond acceptors (Lipinski definition) is 9.